The number of guanidine groups is 1. The third kappa shape index (κ3) is 5.93. The van der Waals surface area contributed by atoms with E-state index < -0.39 is 0 Å². The highest BCUT2D eigenvalue weighted by atomic mass is 127. The van der Waals surface area contributed by atoms with Gasteiger partial charge in [0, 0.05) is 44.9 Å². The summed E-state index contributed by atoms with van der Waals surface area (Å²) in [7, 11) is 1.85. The van der Waals surface area contributed by atoms with Crippen molar-refractivity contribution in [2.75, 3.05) is 40.0 Å². The first-order chi connectivity index (χ1) is 12.8. The van der Waals surface area contributed by atoms with Crippen LogP contribution in [-0.2, 0) is 14.2 Å². The molecule has 0 radical (unpaired) electrons. The summed E-state index contributed by atoms with van der Waals surface area (Å²) in [4.78, 5) is 4.41. The predicted molar refractivity (Wildman–Crippen MR) is 119 cm³/mol. The smallest absolute Gasteiger partial charge is 0.191 e. The average molecular weight is 495 g/mol. The Morgan fingerprint density at radius 2 is 2.07 bits per heavy atom. The second-order valence-corrected chi connectivity index (χ2v) is 7.88. The number of aliphatic imine (C=N–C) groups is 1. The number of nitrogens with one attached hydrogen (secondary N) is 2. The number of hydrogen-bond acceptors (Lipinski definition) is 4. The maximum absolute atomic E-state index is 6.00. The van der Waals surface area contributed by atoms with E-state index in [0.29, 0.717) is 23.7 Å². The van der Waals surface area contributed by atoms with E-state index in [1.165, 1.54) is 32.1 Å². The van der Waals surface area contributed by atoms with E-state index in [1.54, 1.807) is 0 Å². The SMILES string of the molecule is CCOC1CC(NC(=NC)NCCCOCC2CCCO2)C12CCCC2.I. The molecular formula is C20H38IN3O3. The molecule has 0 aromatic carbocycles. The Labute approximate surface area is 181 Å². The van der Waals surface area contributed by atoms with Gasteiger partial charge in [-0.2, -0.15) is 0 Å². The molecule has 0 aromatic heterocycles. The molecule has 0 amide bonds. The van der Waals surface area contributed by atoms with E-state index >= 15 is 0 Å². The topological polar surface area (TPSA) is 64.1 Å². The first-order valence-corrected chi connectivity index (χ1v) is 10.6. The Balaban J connectivity index is 0.00000261. The van der Waals surface area contributed by atoms with Gasteiger partial charge in [-0.1, -0.05) is 12.8 Å². The van der Waals surface area contributed by atoms with Gasteiger partial charge in [-0.15, -0.1) is 24.0 Å². The maximum atomic E-state index is 6.00. The zero-order valence-corrected chi connectivity index (χ0v) is 19.3. The maximum Gasteiger partial charge on any atom is 0.191 e. The minimum absolute atomic E-state index is 0. The van der Waals surface area contributed by atoms with Crippen LogP contribution < -0.4 is 10.6 Å². The first kappa shape index (κ1) is 23.2. The zero-order valence-electron chi connectivity index (χ0n) is 17.0. The molecule has 0 aromatic rings. The summed E-state index contributed by atoms with van der Waals surface area (Å²) >= 11 is 0. The fraction of sp³-hybridized carbons (Fsp3) is 0.950. The van der Waals surface area contributed by atoms with Gasteiger partial charge < -0.3 is 24.8 Å². The molecule has 158 valence electrons. The lowest BCUT2D eigenvalue weighted by atomic mass is 9.60. The molecule has 2 aliphatic carbocycles. The first-order valence-electron chi connectivity index (χ1n) is 10.6. The van der Waals surface area contributed by atoms with Crippen molar-refractivity contribution in [3.63, 3.8) is 0 Å². The number of rotatable bonds is 9. The minimum Gasteiger partial charge on any atom is -0.379 e. The van der Waals surface area contributed by atoms with Crippen LogP contribution >= 0.6 is 24.0 Å². The van der Waals surface area contributed by atoms with Crippen molar-refractivity contribution >= 4 is 29.9 Å². The number of hydrogen-bond donors (Lipinski definition) is 2. The summed E-state index contributed by atoms with van der Waals surface area (Å²) < 4.78 is 17.3. The molecule has 6 nitrogen and oxygen atoms in total. The Bertz CT molecular complexity index is 452. The second kappa shape index (κ2) is 11.8. The van der Waals surface area contributed by atoms with Crippen molar-refractivity contribution in [2.45, 2.75) is 76.5 Å². The van der Waals surface area contributed by atoms with Crippen LogP contribution in [0.1, 0.15) is 58.3 Å². The van der Waals surface area contributed by atoms with E-state index in [9.17, 15) is 0 Å². The van der Waals surface area contributed by atoms with Crippen molar-refractivity contribution in [2.24, 2.45) is 10.4 Å². The lowest BCUT2D eigenvalue weighted by Gasteiger charge is -2.54. The Morgan fingerprint density at radius 1 is 1.26 bits per heavy atom. The van der Waals surface area contributed by atoms with Gasteiger partial charge in [-0.3, -0.25) is 4.99 Å². The van der Waals surface area contributed by atoms with Crippen LogP contribution in [0.3, 0.4) is 0 Å². The van der Waals surface area contributed by atoms with E-state index in [2.05, 4.69) is 22.5 Å². The molecule has 1 heterocycles. The van der Waals surface area contributed by atoms with Crippen molar-refractivity contribution < 1.29 is 14.2 Å². The predicted octanol–water partition coefficient (Wildman–Crippen LogP) is 3.09. The summed E-state index contributed by atoms with van der Waals surface area (Å²) in [5, 5.41) is 7.10. The highest BCUT2D eigenvalue weighted by molar-refractivity contribution is 14.0. The van der Waals surface area contributed by atoms with Crippen molar-refractivity contribution in [1.82, 2.24) is 10.6 Å². The summed E-state index contributed by atoms with van der Waals surface area (Å²) in [6.45, 7) is 6.19. The zero-order chi connectivity index (χ0) is 18.2. The van der Waals surface area contributed by atoms with Crippen LogP contribution in [0.4, 0.5) is 0 Å². The van der Waals surface area contributed by atoms with Gasteiger partial charge in [0.25, 0.3) is 0 Å². The molecular weight excluding hydrogens is 457 g/mol. The summed E-state index contributed by atoms with van der Waals surface area (Å²) in [6, 6.07) is 0.489. The van der Waals surface area contributed by atoms with Crippen LogP contribution in [0.15, 0.2) is 4.99 Å². The van der Waals surface area contributed by atoms with Crippen molar-refractivity contribution in [3.05, 3.63) is 0 Å². The van der Waals surface area contributed by atoms with Gasteiger partial charge in [0.1, 0.15) is 0 Å². The molecule has 3 rings (SSSR count). The molecule has 1 spiro atoms. The van der Waals surface area contributed by atoms with Crippen LogP contribution in [0.2, 0.25) is 0 Å². The Morgan fingerprint density at radius 3 is 2.74 bits per heavy atom. The molecule has 3 unspecified atom stereocenters. The van der Waals surface area contributed by atoms with Gasteiger partial charge in [0.05, 0.1) is 18.8 Å². The van der Waals surface area contributed by atoms with Crippen LogP contribution in [-0.4, -0.2) is 64.2 Å². The van der Waals surface area contributed by atoms with Gasteiger partial charge in [-0.25, -0.2) is 0 Å². The number of nitrogens with zero attached hydrogens (tertiary/aromatic N) is 1. The molecule has 2 saturated carbocycles. The van der Waals surface area contributed by atoms with Gasteiger partial charge >= 0.3 is 0 Å². The number of halogens is 1. The van der Waals surface area contributed by atoms with Crippen LogP contribution in [0.5, 0.6) is 0 Å². The van der Waals surface area contributed by atoms with Gasteiger partial charge in [0.2, 0.25) is 0 Å². The fourth-order valence-corrected chi connectivity index (χ4v) is 4.82. The Kier molecular flexibility index (Phi) is 10.1. The van der Waals surface area contributed by atoms with Gasteiger partial charge in [-0.05, 0) is 45.4 Å². The van der Waals surface area contributed by atoms with Crippen molar-refractivity contribution in [1.29, 1.82) is 0 Å². The molecule has 3 atom stereocenters. The van der Waals surface area contributed by atoms with E-state index in [4.69, 9.17) is 14.2 Å². The molecule has 27 heavy (non-hydrogen) atoms. The highest BCUT2D eigenvalue weighted by Gasteiger charge is 2.56. The molecule has 0 bridgehead atoms. The molecule has 1 saturated heterocycles. The highest BCUT2D eigenvalue weighted by Crippen LogP contribution is 2.54. The minimum atomic E-state index is 0. The van der Waals surface area contributed by atoms with E-state index in [0.717, 1.165) is 58.2 Å². The lowest BCUT2D eigenvalue weighted by molar-refractivity contribution is -0.125. The summed E-state index contributed by atoms with van der Waals surface area (Å²) in [5.74, 6) is 0.912. The van der Waals surface area contributed by atoms with E-state index in [-0.39, 0.29) is 24.0 Å². The van der Waals surface area contributed by atoms with Crippen LogP contribution in [0.25, 0.3) is 0 Å². The second-order valence-electron chi connectivity index (χ2n) is 7.88. The average Bonchev–Trinajstić information content (AvgIpc) is 3.35. The molecule has 3 fully saturated rings. The molecule has 3 aliphatic rings. The fourth-order valence-electron chi connectivity index (χ4n) is 4.82. The molecule has 2 N–H and O–H groups in total. The largest absolute Gasteiger partial charge is 0.379 e. The monoisotopic (exact) mass is 495 g/mol. The summed E-state index contributed by atoms with van der Waals surface area (Å²) in [6.07, 6.45) is 10.3. The van der Waals surface area contributed by atoms with Crippen LogP contribution in [0, 0.1) is 5.41 Å². The molecule has 1 aliphatic heterocycles. The molecule has 7 heteroatoms. The third-order valence-corrected chi connectivity index (χ3v) is 6.31. The quantitative estimate of drug-likeness (QED) is 0.223. The normalized spacial score (nSPS) is 29.4. The standard InChI is InChI=1S/C20H37N3O3.HI/c1-3-25-18-14-17(20(18)9-4-5-10-20)23-19(21-2)22-11-7-12-24-15-16-8-6-13-26-16;/h16-18H,3-15H2,1-2H3,(H2,21,22,23);1H. The third-order valence-electron chi connectivity index (χ3n) is 6.31. The number of ether oxygens (including phenoxy) is 3. The van der Waals surface area contributed by atoms with Crippen molar-refractivity contribution in [3.8, 4) is 0 Å². The summed E-state index contributed by atoms with van der Waals surface area (Å²) in [5.41, 5.74) is 0.331. The van der Waals surface area contributed by atoms with E-state index in [1.807, 2.05) is 7.05 Å². The Hall–Kier alpha value is -0.120. The van der Waals surface area contributed by atoms with Gasteiger partial charge in [0.15, 0.2) is 5.96 Å². The lowest BCUT2D eigenvalue weighted by Crippen LogP contribution is -2.65.